The maximum absolute atomic E-state index is 10.9. The van der Waals surface area contributed by atoms with E-state index in [4.69, 9.17) is 0 Å². The Kier molecular flexibility index (Phi) is 5.45. The zero-order valence-electron chi connectivity index (χ0n) is 11.6. The first-order chi connectivity index (χ1) is 8.74. The van der Waals surface area contributed by atoms with Gasteiger partial charge in [0, 0.05) is 20.0 Å². The van der Waals surface area contributed by atoms with E-state index in [0.717, 1.165) is 12.5 Å². The molecule has 0 aliphatic carbocycles. The largest absolute Gasteiger partial charge is 0.356 e. The average Bonchev–Trinajstić information content (AvgIpc) is 2.39. The highest BCUT2D eigenvalue weighted by atomic mass is 16.1. The SMILES string of the molecule is CC(=O)NCC1CCN(CC2CCNCC2)CC1. The van der Waals surface area contributed by atoms with E-state index >= 15 is 0 Å². The Balaban J connectivity index is 1.62. The van der Waals surface area contributed by atoms with Gasteiger partial charge in [-0.05, 0) is 63.7 Å². The molecular formula is C14H27N3O. The van der Waals surface area contributed by atoms with Gasteiger partial charge in [0.2, 0.25) is 5.91 Å². The smallest absolute Gasteiger partial charge is 0.216 e. The number of carbonyl (C=O) groups excluding carboxylic acids is 1. The van der Waals surface area contributed by atoms with Crippen LogP contribution in [0.2, 0.25) is 0 Å². The van der Waals surface area contributed by atoms with E-state index in [1.54, 1.807) is 6.92 Å². The molecule has 1 amide bonds. The molecule has 4 heteroatoms. The predicted octanol–water partition coefficient (Wildman–Crippen LogP) is 0.834. The van der Waals surface area contributed by atoms with E-state index in [-0.39, 0.29) is 5.91 Å². The molecule has 0 radical (unpaired) electrons. The summed E-state index contributed by atoms with van der Waals surface area (Å²) in [6, 6.07) is 0. The lowest BCUT2D eigenvalue weighted by molar-refractivity contribution is -0.119. The van der Waals surface area contributed by atoms with Crippen molar-refractivity contribution in [2.75, 3.05) is 39.3 Å². The number of hydrogen-bond acceptors (Lipinski definition) is 3. The van der Waals surface area contributed by atoms with Crippen molar-refractivity contribution in [3.8, 4) is 0 Å². The van der Waals surface area contributed by atoms with Crippen molar-refractivity contribution in [2.45, 2.75) is 32.6 Å². The third kappa shape index (κ3) is 4.58. The standard InChI is InChI=1S/C14H27N3O/c1-12(18)16-10-13-4-8-17(9-5-13)11-14-2-6-15-7-3-14/h13-15H,2-11H2,1H3,(H,16,18). The third-order valence-corrected chi connectivity index (χ3v) is 4.32. The van der Waals surface area contributed by atoms with Gasteiger partial charge in [-0.25, -0.2) is 0 Å². The molecule has 2 aliphatic rings. The maximum atomic E-state index is 10.9. The Morgan fingerprint density at radius 1 is 1.17 bits per heavy atom. The van der Waals surface area contributed by atoms with Crippen molar-refractivity contribution in [3.05, 3.63) is 0 Å². The second-order valence-corrected chi connectivity index (χ2v) is 5.87. The number of carbonyl (C=O) groups is 1. The summed E-state index contributed by atoms with van der Waals surface area (Å²) >= 11 is 0. The number of piperidine rings is 2. The summed E-state index contributed by atoms with van der Waals surface area (Å²) < 4.78 is 0. The van der Waals surface area contributed by atoms with Gasteiger partial charge in [-0.1, -0.05) is 0 Å². The topological polar surface area (TPSA) is 44.4 Å². The monoisotopic (exact) mass is 253 g/mol. The summed E-state index contributed by atoms with van der Waals surface area (Å²) in [7, 11) is 0. The number of nitrogens with one attached hydrogen (secondary N) is 2. The third-order valence-electron chi connectivity index (χ3n) is 4.32. The Morgan fingerprint density at radius 2 is 1.83 bits per heavy atom. The van der Waals surface area contributed by atoms with Crippen molar-refractivity contribution in [2.24, 2.45) is 11.8 Å². The molecule has 104 valence electrons. The molecule has 18 heavy (non-hydrogen) atoms. The minimum atomic E-state index is 0.104. The van der Waals surface area contributed by atoms with E-state index in [2.05, 4.69) is 15.5 Å². The van der Waals surface area contributed by atoms with Crippen molar-refractivity contribution in [3.63, 3.8) is 0 Å². The minimum absolute atomic E-state index is 0.104. The summed E-state index contributed by atoms with van der Waals surface area (Å²) in [5.41, 5.74) is 0. The Morgan fingerprint density at radius 3 is 2.44 bits per heavy atom. The molecule has 2 rings (SSSR count). The highest BCUT2D eigenvalue weighted by Crippen LogP contribution is 2.20. The van der Waals surface area contributed by atoms with Crippen LogP contribution in [0.3, 0.4) is 0 Å². The fraction of sp³-hybridized carbons (Fsp3) is 0.929. The molecule has 0 unspecified atom stereocenters. The first-order valence-electron chi connectivity index (χ1n) is 7.41. The molecule has 0 aromatic carbocycles. The first kappa shape index (κ1) is 13.8. The van der Waals surface area contributed by atoms with Gasteiger partial charge in [0.15, 0.2) is 0 Å². The minimum Gasteiger partial charge on any atom is -0.356 e. The van der Waals surface area contributed by atoms with Gasteiger partial charge in [0.25, 0.3) is 0 Å². The summed E-state index contributed by atoms with van der Waals surface area (Å²) in [5.74, 6) is 1.70. The van der Waals surface area contributed by atoms with Crippen LogP contribution in [-0.4, -0.2) is 50.1 Å². The highest BCUT2D eigenvalue weighted by molar-refractivity contribution is 5.72. The maximum Gasteiger partial charge on any atom is 0.216 e. The fourth-order valence-corrected chi connectivity index (χ4v) is 3.09. The molecule has 2 heterocycles. The van der Waals surface area contributed by atoms with Crippen molar-refractivity contribution in [1.29, 1.82) is 0 Å². The van der Waals surface area contributed by atoms with Crippen molar-refractivity contribution in [1.82, 2.24) is 15.5 Å². The molecule has 0 bridgehead atoms. The number of rotatable bonds is 4. The zero-order valence-corrected chi connectivity index (χ0v) is 11.6. The molecule has 0 spiro atoms. The van der Waals surface area contributed by atoms with Gasteiger partial charge in [0.1, 0.15) is 0 Å². The second-order valence-electron chi connectivity index (χ2n) is 5.87. The zero-order chi connectivity index (χ0) is 12.8. The van der Waals surface area contributed by atoms with Crippen LogP contribution in [0.5, 0.6) is 0 Å². The van der Waals surface area contributed by atoms with Crippen LogP contribution in [0, 0.1) is 11.8 Å². The van der Waals surface area contributed by atoms with Crippen LogP contribution in [0.4, 0.5) is 0 Å². The number of nitrogens with zero attached hydrogens (tertiary/aromatic N) is 1. The number of likely N-dealkylation sites (tertiary alicyclic amines) is 1. The quantitative estimate of drug-likeness (QED) is 0.780. The van der Waals surface area contributed by atoms with Crippen molar-refractivity contribution >= 4 is 5.91 Å². The number of hydrogen-bond donors (Lipinski definition) is 2. The van der Waals surface area contributed by atoms with Gasteiger partial charge in [-0.3, -0.25) is 4.79 Å². The molecule has 2 saturated heterocycles. The Bertz CT molecular complexity index is 256. The molecule has 2 aliphatic heterocycles. The number of amides is 1. The molecule has 0 saturated carbocycles. The van der Waals surface area contributed by atoms with E-state index < -0.39 is 0 Å². The molecule has 0 atom stereocenters. The van der Waals surface area contributed by atoms with Gasteiger partial charge >= 0.3 is 0 Å². The van der Waals surface area contributed by atoms with Crippen LogP contribution in [0.1, 0.15) is 32.6 Å². The lowest BCUT2D eigenvalue weighted by atomic mass is 9.93. The molecule has 0 aromatic rings. The van der Waals surface area contributed by atoms with Crippen LogP contribution in [0.15, 0.2) is 0 Å². The summed E-state index contributed by atoms with van der Waals surface area (Å²) in [6.45, 7) is 8.59. The Hall–Kier alpha value is -0.610. The highest BCUT2D eigenvalue weighted by Gasteiger charge is 2.22. The first-order valence-corrected chi connectivity index (χ1v) is 7.41. The van der Waals surface area contributed by atoms with Crippen LogP contribution < -0.4 is 10.6 Å². The van der Waals surface area contributed by atoms with Crippen LogP contribution in [0.25, 0.3) is 0 Å². The van der Waals surface area contributed by atoms with Crippen molar-refractivity contribution < 1.29 is 4.79 Å². The lowest BCUT2D eigenvalue weighted by Gasteiger charge is -2.35. The second kappa shape index (κ2) is 7.10. The fourth-order valence-electron chi connectivity index (χ4n) is 3.09. The summed E-state index contributed by atoms with van der Waals surface area (Å²) in [4.78, 5) is 13.5. The summed E-state index contributed by atoms with van der Waals surface area (Å²) in [5, 5.41) is 6.37. The van der Waals surface area contributed by atoms with Gasteiger partial charge in [-0.15, -0.1) is 0 Å². The Labute approximate surface area is 110 Å². The van der Waals surface area contributed by atoms with Gasteiger partial charge in [-0.2, -0.15) is 0 Å². The molecule has 2 fully saturated rings. The van der Waals surface area contributed by atoms with Gasteiger partial charge in [0.05, 0.1) is 0 Å². The van der Waals surface area contributed by atoms with Crippen LogP contribution >= 0.6 is 0 Å². The predicted molar refractivity (Wildman–Crippen MR) is 73.4 cm³/mol. The average molecular weight is 253 g/mol. The van der Waals surface area contributed by atoms with Gasteiger partial charge < -0.3 is 15.5 Å². The van der Waals surface area contributed by atoms with Crippen LogP contribution in [-0.2, 0) is 4.79 Å². The van der Waals surface area contributed by atoms with E-state index in [0.29, 0.717) is 5.92 Å². The normalized spacial score (nSPS) is 24.1. The molecule has 4 nitrogen and oxygen atoms in total. The molecular weight excluding hydrogens is 226 g/mol. The van der Waals surface area contributed by atoms with E-state index in [1.165, 1.54) is 58.4 Å². The summed E-state index contributed by atoms with van der Waals surface area (Å²) in [6.07, 6.45) is 5.16. The van der Waals surface area contributed by atoms with E-state index in [1.807, 2.05) is 0 Å². The molecule has 0 aromatic heterocycles. The van der Waals surface area contributed by atoms with E-state index in [9.17, 15) is 4.79 Å². The lowest BCUT2D eigenvalue weighted by Crippen LogP contribution is -2.42. The molecule has 2 N–H and O–H groups in total.